The summed E-state index contributed by atoms with van der Waals surface area (Å²) in [6, 6.07) is 13.3. The predicted molar refractivity (Wildman–Crippen MR) is 80.8 cm³/mol. The molecule has 0 aliphatic rings. The van der Waals surface area contributed by atoms with Crippen molar-refractivity contribution in [3.05, 3.63) is 65.7 Å². The molecule has 19 heavy (non-hydrogen) atoms. The zero-order valence-electron chi connectivity index (χ0n) is 11.5. The molecule has 0 bridgehead atoms. The predicted octanol–water partition coefficient (Wildman–Crippen LogP) is 4.71. The van der Waals surface area contributed by atoms with Gasteiger partial charge >= 0.3 is 0 Å². The highest BCUT2D eigenvalue weighted by molar-refractivity contribution is 7.46. The maximum atomic E-state index is 12.5. The van der Waals surface area contributed by atoms with E-state index >= 15 is 0 Å². The Hall–Kier alpha value is -1.27. The van der Waals surface area contributed by atoms with Gasteiger partial charge in [0.05, 0.1) is 0 Å². The van der Waals surface area contributed by atoms with Crippen LogP contribution in [0, 0.1) is 11.6 Å². The summed E-state index contributed by atoms with van der Waals surface area (Å²) in [5, 5.41) is 1.20. The second-order valence-corrected chi connectivity index (χ2v) is 5.54. The average molecular weight is 280 g/mol. The van der Waals surface area contributed by atoms with E-state index in [2.05, 4.69) is 20.5 Å². The van der Waals surface area contributed by atoms with Crippen molar-refractivity contribution in [3.8, 4) is 0 Å². The van der Waals surface area contributed by atoms with Crippen molar-refractivity contribution in [2.75, 3.05) is 6.66 Å². The third kappa shape index (κ3) is 5.94. The van der Waals surface area contributed by atoms with Gasteiger partial charge in [-0.15, -0.1) is 0 Å². The summed E-state index contributed by atoms with van der Waals surface area (Å²) in [5.41, 5.74) is 1.06. The molecule has 0 spiro atoms. The van der Waals surface area contributed by atoms with Crippen molar-refractivity contribution in [1.29, 1.82) is 0 Å². The topological polar surface area (TPSA) is 0 Å². The molecule has 0 aliphatic heterocycles. The van der Waals surface area contributed by atoms with E-state index in [9.17, 15) is 8.78 Å². The minimum atomic E-state index is -0.156. The maximum absolute atomic E-state index is 12.5. The first-order valence-corrected chi connectivity index (χ1v) is 7.71. The van der Waals surface area contributed by atoms with Crippen LogP contribution < -0.4 is 5.30 Å². The Labute approximate surface area is 115 Å². The molecule has 0 saturated carbocycles. The van der Waals surface area contributed by atoms with Crippen LogP contribution in [-0.4, -0.2) is 6.66 Å². The zero-order valence-corrected chi connectivity index (χ0v) is 12.5. The van der Waals surface area contributed by atoms with Crippen LogP contribution in [0.15, 0.2) is 48.5 Å². The summed E-state index contributed by atoms with van der Waals surface area (Å²) in [4.78, 5) is 0. The summed E-state index contributed by atoms with van der Waals surface area (Å²) in [6.45, 7) is 6.18. The van der Waals surface area contributed by atoms with Gasteiger partial charge in [-0.25, -0.2) is 8.78 Å². The summed E-state index contributed by atoms with van der Waals surface area (Å²) < 4.78 is 24.8. The summed E-state index contributed by atoms with van der Waals surface area (Å²) >= 11 is 0. The highest BCUT2D eigenvalue weighted by atomic mass is 31.1. The maximum Gasteiger partial charge on any atom is 0.123 e. The van der Waals surface area contributed by atoms with Gasteiger partial charge in [0.25, 0.3) is 0 Å². The molecule has 0 aliphatic carbocycles. The molecule has 0 amide bonds. The number of hydrogen-bond acceptors (Lipinski definition) is 0. The lowest BCUT2D eigenvalue weighted by Crippen LogP contribution is -1.90. The Morgan fingerprint density at radius 1 is 0.895 bits per heavy atom. The van der Waals surface area contributed by atoms with E-state index in [4.69, 9.17) is 0 Å². The van der Waals surface area contributed by atoms with Crippen LogP contribution in [-0.2, 0) is 0 Å². The van der Waals surface area contributed by atoms with Crippen molar-refractivity contribution in [2.45, 2.75) is 19.8 Å². The van der Waals surface area contributed by atoms with Crippen molar-refractivity contribution in [2.24, 2.45) is 0 Å². The first kappa shape index (κ1) is 15.8. The minimum absolute atomic E-state index is 0.147. The molecule has 0 radical (unpaired) electrons. The Morgan fingerprint density at radius 2 is 1.53 bits per heavy atom. The quantitative estimate of drug-likeness (QED) is 0.699. The lowest BCUT2D eigenvalue weighted by atomic mass is 10.0. The van der Waals surface area contributed by atoms with E-state index < -0.39 is 0 Å². The smallest absolute Gasteiger partial charge is 0.123 e. The lowest BCUT2D eigenvalue weighted by molar-refractivity contribution is 0.623. The van der Waals surface area contributed by atoms with E-state index in [1.165, 1.54) is 23.5 Å². The van der Waals surface area contributed by atoms with E-state index in [0.717, 1.165) is 14.1 Å². The van der Waals surface area contributed by atoms with E-state index in [-0.39, 0.29) is 11.6 Å². The van der Waals surface area contributed by atoms with Gasteiger partial charge < -0.3 is 0 Å². The largest absolute Gasteiger partial charge is 0.207 e. The molecule has 0 heterocycles. The molecule has 102 valence electrons. The van der Waals surface area contributed by atoms with Gasteiger partial charge in [-0.05, 0) is 47.7 Å². The second kappa shape index (κ2) is 8.01. The van der Waals surface area contributed by atoms with Gasteiger partial charge in [0, 0.05) is 0 Å². The van der Waals surface area contributed by atoms with Crippen LogP contribution in [0.4, 0.5) is 8.78 Å². The monoisotopic (exact) mass is 280 g/mol. The average Bonchev–Trinajstić information content (AvgIpc) is 2.40. The number of halogens is 2. The van der Waals surface area contributed by atoms with Gasteiger partial charge in [0.15, 0.2) is 0 Å². The highest BCUT2D eigenvalue weighted by Gasteiger charge is 1.97. The molecule has 1 atom stereocenters. The molecule has 0 saturated heterocycles. The molecule has 0 N–H and O–H groups in total. The van der Waals surface area contributed by atoms with Crippen molar-refractivity contribution < 1.29 is 8.78 Å². The normalized spacial score (nSPS) is 10.6. The summed E-state index contributed by atoms with van der Waals surface area (Å²) in [7, 11) is 0.760. The molecule has 2 aromatic rings. The zero-order chi connectivity index (χ0) is 14.3. The fraction of sp³-hybridized carbons (Fsp3) is 0.250. The molecule has 2 aromatic carbocycles. The first-order valence-electron chi connectivity index (χ1n) is 6.21. The molecule has 3 heteroatoms. The van der Waals surface area contributed by atoms with Crippen LogP contribution in [0.3, 0.4) is 0 Å². The van der Waals surface area contributed by atoms with Gasteiger partial charge in [0.1, 0.15) is 11.6 Å². The van der Waals surface area contributed by atoms with Crippen LogP contribution in [0.25, 0.3) is 0 Å². The Kier molecular flexibility index (Phi) is 6.66. The Morgan fingerprint density at radius 3 is 1.95 bits per heavy atom. The highest BCUT2D eigenvalue weighted by Crippen LogP contribution is 2.14. The third-order valence-electron chi connectivity index (χ3n) is 2.65. The molecule has 0 aromatic heterocycles. The van der Waals surface area contributed by atoms with Crippen LogP contribution in [0.2, 0.25) is 0 Å². The number of rotatable bonds is 2. The molecular weight excluding hydrogens is 261 g/mol. The standard InChI is InChI=1S/C9H11F.C7H8FP/c1-7(2)8-4-3-5-9(10)6-8;1-9-7-4-2-6(8)3-5-7/h3-7H,1-2H3;2-5,9H,1H3. The van der Waals surface area contributed by atoms with Crippen molar-refractivity contribution >= 4 is 13.9 Å². The fourth-order valence-corrected chi connectivity index (χ4v) is 1.98. The van der Waals surface area contributed by atoms with Gasteiger partial charge in [-0.2, -0.15) is 0 Å². The van der Waals surface area contributed by atoms with Crippen LogP contribution >= 0.6 is 8.58 Å². The fourth-order valence-electron chi connectivity index (χ4n) is 1.48. The van der Waals surface area contributed by atoms with Crippen molar-refractivity contribution in [1.82, 2.24) is 0 Å². The first-order chi connectivity index (χ1) is 9.02. The molecular formula is C16H19F2P. The molecule has 2 rings (SSSR count). The van der Waals surface area contributed by atoms with E-state index in [0.29, 0.717) is 5.92 Å². The van der Waals surface area contributed by atoms with Gasteiger partial charge in [0.2, 0.25) is 0 Å². The van der Waals surface area contributed by atoms with Gasteiger partial charge in [-0.1, -0.05) is 46.7 Å². The van der Waals surface area contributed by atoms with Crippen molar-refractivity contribution in [3.63, 3.8) is 0 Å². The van der Waals surface area contributed by atoms with E-state index in [1.807, 2.05) is 18.2 Å². The Bertz CT molecular complexity index is 492. The van der Waals surface area contributed by atoms with Gasteiger partial charge in [-0.3, -0.25) is 0 Å². The summed E-state index contributed by atoms with van der Waals surface area (Å²) in [5.74, 6) is 0.110. The number of benzene rings is 2. The molecule has 0 nitrogen and oxygen atoms in total. The lowest BCUT2D eigenvalue weighted by Gasteiger charge is -2.02. The third-order valence-corrected chi connectivity index (χ3v) is 3.56. The minimum Gasteiger partial charge on any atom is -0.207 e. The molecule has 0 fully saturated rings. The number of hydrogen-bond donors (Lipinski definition) is 0. The molecule has 1 unspecified atom stereocenters. The van der Waals surface area contributed by atoms with Crippen LogP contribution in [0.5, 0.6) is 0 Å². The van der Waals surface area contributed by atoms with E-state index in [1.54, 1.807) is 12.1 Å². The Balaban J connectivity index is 0.000000191. The second-order valence-electron chi connectivity index (χ2n) is 4.47. The SMILES string of the molecule is CC(C)c1cccc(F)c1.CPc1ccc(F)cc1. The summed E-state index contributed by atoms with van der Waals surface area (Å²) in [6.07, 6.45) is 0. The van der Waals surface area contributed by atoms with Crippen LogP contribution in [0.1, 0.15) is 25.3 Å².